The van der Waals surface area contributed by atoms with E-state index in [1.165, 1.54) is 10.8 Å². The molecule has 3 aromatic heterocycles. The molecule has 8 nitrogen and oxygen atoms in total. The summed E-state index contributed by atoms with van der Waals surface area (Å²) in [7, 11) is 0. The van der Waals surface area contributed by atoms with Crippen LogP contribution in [-0.2, 0) is 13.1 Å². The molecule has 1 aromatic carbocycles. The van der Waals surface area contributed by atoms with Crippen molar-refractivity contribution in [3.63, 3.8) is 0 Å². The Labute approximate surface area is 172 Å². The van der Waals surface area contributed by atoms with Crippen molar-refractivity contribution in [3.8, 4) is 0 Å². The minimum Gasteiger partial charge on any atom is -0.365 e. The fourth-order valence-electron chi connectivity index (χ4n) is 2.70. The molecule has 0 bridgehead atoms. The molecule has 0 aliphatic heterocycles. The Bertz CT molecular complexity index is 1090. The normalized spacial score (nSPS) is 10.7. The van der Waals surface area contributed by atoms with Gasteiger partial charge in [-0.2, -0.15) is 10.1 Å². The zero-order valence-electron chi connectivity index (χ0n) is 15.4. The first-order chi connectivity index (χ1) is 14.2. The van der Waals surface area contributed by atoms with E-state index in [1.807, 2.05) is 30.3 Å². The third kappa shape index (κ3) is 4.80. The van der Waals surface area contributed by atoms with Crippen molar-refractivity contribution in [2.75, 3.05) is 10.6 Å². The van der Waals surface area contributed by atoms with Gasteiger partial charge in [-0.1, -0.05) is 41.9 Å². The molecule has 0 aliphatic rings. The molecule has 9 heteroatoms. The second-order valence-corrected chi connectivity index (χ2v) is 6.67. The molecular weight excluding hydrogens is 390 g/mol. The van der Waals surface area contributed by atoms with Crippen LogP contribution < -0.4 is 10.6 Å². The predicted molar refractivity (Wildman–Crippen MR) is 111 cm³/mol. The molecule has 0 aliphatic carbocycles. The van der Waals surface area contributed by atoms with Crippen molar-refractivity contribution in [1.82, 2.24) is 24.3 Å². The molecule has 4 aromatic rings. The second kappa shape index (κ2) is 8.57. The minimum atomic E-state index is -0.0835. The number of carbonyl (C=O) groups is 1. The number of rotatable bonds is 7. The standard InChI is InChI=1S/C20H18ClN7O/c21-17-12-23-20(26-19(17)22-10-15-6-2-1-3-7-15)25-16-11-24-28(13-16)14-18(29)27-8-4-5-9-27/h1-9,11-13H,10,14H2,(H2,22,23,25,26). The van der Waals surface area contributed by atoms with E-state index in [1.54, 1.807) is 41.6 Å². The van der Waals surface area contributed by atoms with Crippen LogP contribution in [0.3, 0.4) is 0 Å². The van der Waals surface area contributed by atoms with Gasteiger partial charge in [-0.3, -0.25) is 14.0 Å². The lowest BCUT2D eigenvalue weighted by Gasteiger charge is -2.09. The van der Waals surface area contributed by atoms with E-state index in [-0.39, 0.29) is 12.5 Å². The maximum Gasteiger partial charge on any atom is 0.252 e. The number of benzene rings is 1. The van der Waals surface area contributed by atoms with Gasteiger partial charge < -0.3 is 10.6 Å². The zero-order chi connectivity index (χ0) is 20.1. The van der Waals surface area contributed by atoms with Crippen LogP contribution in [0.5, 0.6) is 0 Å². The van der Waals surface area contributed by atoms with Crippen LogP contribution in [0.25, 0.3) is 0 Å². The topological polar surface area (TPSA) is 89.7 Å². The van der Waals surface area contributed by atoms with Gasteiger partial charge in [0.1, 0.15) is 11.6 Å². The third-order valence-electron chi connectivity index (χ3n) is 4.13. The molecule has 0 spiro atoms. The van der Waals surface area contributed by atoms with Crippen molar-refractivity contribution in [3.05, 3.63) is 84.0 Å². The fourth-order valence-corrected chi connectivity index (χ4v) is 2.86. The third-order valence-corrected chi connectivity index (χ3v) is 4.40. The zero-order valence-corrected chi connectivity index (χ0v) is 16.1. The Morgan fingerprint density at radius 1 is 1.07 bits per heavy atom. The molecular formula is C20H18ClN7O. The fraction of sp³-hybridized carbons (Fsp3) is 0.100. The highest BCUT2D eigenvalue weighted by atomic mass is 35.5. The number of hydrogen-bond donors (Lipinski definition) is 2. The van der Waals surface area contributed by atoms with E-state index in [4.69, 9.17) is 11.6 Å². The molecule has 0 saturated heterocycles. The van der Waals surface area contributed by atoms with Gasteiger partial charge in [0.2, 0.25) is 5.95 Å². The van der Waals surface area contributed by atoms with Gasteiger partial charge in [0.15, 0.2) is 5.82 Å². The lowest BCUT2D eigenvalue weighted by Crippen LogP contribution is -2.16. The summed E-state index contributed by atoms with van der Waals surface area (Å²) in [6.45, 7) is 0.720. The van der Waals surface area contributed by atoms with Crippen LogP contribution in [-0.4, -0.2) is 30.2 Å². The highest BCUT2D eigenvalue weighted by Gasteiger charge is 2.09. The molecule has 0 amide bonds. The summed E-state index contributed by atoms with van der Waals surface area (Å²) in [6.07, 6.45) is 8.27. The number of halogens is 1. The number of carbonyl (C=O) groups excluding carboxylic acids is 1. The van der Waals surface area contributed by atoms with Crippen LogP contribution in [0.4, 0.5) is 17.5 Å². The number of nitrogens with zero attached hydrogens (tertiary/aromatic N) is 5. The monoisotopic (exact) mass is 407 g/mol. The molecule has 4 rings (SSSR count). The maximum atomic E-state index is 12.1. The van der Waals surface area contributed by atoms with Crippen LogP contribution in [0, 0.1) is 0 Å². The van der Waals surface area contributed by atoms with Gasteiger partial charge in [-0.05, 0) is 17.7 Å². The Morgan fingerprint density at radius 2 is 1.86 bits per heavy atom. The summed E-state index contributed by atoms with van der Waals surface area (Å²) in [4.78, 5) is 20.8. The van der Waals surface area contributed by atoms with Gasteiger partial charge in [0, 0.05) is 25.1 Å². The summed E-state index contributed by atoms with van der Waals surface area (Å²) >= 11 is 6.20. The van der Waals surface area contributed by atoms with Gasteiger partial charge >= 0.3 is 0 Å². The average molecular weight is 408 g/mol. The lowest BCUT2D eigenvalue weighted by atomic mass is 10.2. The summed E-state index contributed by atoms with van der Waals surface area (Å²) < 4.78 is 3.07. The molecule has 0 saturated carbocycles. The largest absolute Gasteiger partial charge is 0.365 e. The van der Waals surface area contributed by atoms with Crippen LogP contribution >= 0.6 is 11.6 Å². The minimum absolute atomic E-state index is 0.0835. The number of anilines is 3. The summed E-state index contributed by atoms with van der Waals surface area (Å²) in [5.74, 6) is 0.823. The van der Waals surface area contributed by atoms with Gasteiger partial charge in [0.05, 0.1) is 18.1 Å². The molecule has 146 valence electrons. The Morgan fingerprint density at radius 3 is 2.66 bits per heavy atom. The van der Waals surface area contributed by atoms with Crippen molar-refractivity contribution >= 4 is 35.0 Å². The van der Waals surface area contributed by atoms with E-state index >= 15 is 0 Å². The second-order valence-electron chi connectivity index (χ2n) is 6.26. The van der Waals surface area contributed by atoms with E-state index in [0.29, 0.717) is 29.0 Å². The summed E-state index contributed by atoms with van der Waals surface area (Å²) in [5.41, 5.74) is 1.78. The first-order valence-corrected chi connectivity index (χ1v) is 9.31. The number of aromatic nitrogens is 5. The molecule has 0 fully saturated rings. The number of nitrogens with one attached hydrogen (secondary N) is 2. The first kappa shape index (κ1) is 18.7. The van der Waals surface area contributed by atoms with Crippen LogP contribution in [0.2, 0.25) is 5.02 Å². The predicted octanol–water partition coefficient (Wildman–Crippen LogP) is 3.82. The van der Waals surface area contributed by atoms with E-state index in [0.717, 1.165) is 5.56 Å². The summed E-state index contributed by atoms with van der Waals surface area (Å²) in [5, 5.41) is 10.9. The molecule has 0 unspecified atom stereocenters. The van der Waals surface area contributed by atoms with Crippen molar-refractivity contribution < 1.29 is 4.79 Å². The SMILES string of the molecule is O=C(Cn1cc(Nc2ncc(Cl)c(NCc3ccccc3)n2)cn1)n1cccc1. The highest BCUT2D eigenvalue weighted by molar-refractivity contribution is 6.32. The van der Waals surface area contributed by atoms with Crippen molar-refractivity contribution in [2.45, 2.75) is 13.1 Å². The Balaban J connectivity index is 1.40. The quantitative estimate of drug-likeness (QED) is 0.484. The van der Waals surface area contributed by atoms with Crippen molar-refractivity contribution in [1.29, 1.82) is 0 Å². The maximum absolute atomic E-state index is 12.1. The molecule has 29 heavy (non-hydrogen) atoms. The highest BCUT2D eigenvalue weighted by Crippen LogP contribution is 2.22. The van der Waals surface area contributed by atoms with E-state index in [2.05, 4.69) is 25.7 Å². The molecule has 0 radical (unpaired) electrons. The van der Waals surface area contributed by atoms with Gasteiger partial charge in [-0.25, -0.2) is 4.98 Å². The first-order valence-electron chi connectivity index (χ1n) is 8.93. The molecule has 2 N–H and O–H groups in total. The molecule has 0 atom stereocenters. The van der Waals surface area contributed by atoms with Gasteiger partial charge in [0.25, 0.3) is 5.91 Å². The average Bonchev–Trinajstić information content (AvgIpc) is 3.42. The lowest BCUT2D eigenvalue weighted by molar-refractivity contribution is 0.0887. The van der Waals surface area contributed by atoms with Gasteiger partial charge in [-0.15, -0.1) is 0 Å². The Kier molecular flexibility index (Phi) is 5.53. The molecule has 3 heterocycles. The van der Waals surface area contributed by atoms with Crippen LogP contribution in [0.1, 0.15) is 10.4 Å². The smallest absolute Gasteiger partial charge is 0.252 e. The van der Waals surface area contributed by atoms with E-state index in [9.17, 15) is 4.79 Å². The summed E-state index contributed by atoms with van der Waals surface area (Å²) in [6, 6.07) is 13.6. The van der Waals surface area contributed by atoms with Crippen molar-refractivity contribution in [2.24, 2.45) is 0 Å². The Hall–Kier alpha value is -3.65. The van der Waals surface area contributed by atoms with Crippen LogP contribution in [0.15, 0.2) is 73.4 Å². The number of hydrogen-bond acceptors (Lipinski definition) is 6. The van der Waals surface area contributed by atoms with E-state index < -0.39 is 0 Å².